The van der Waals surface area contributed by atoms with Gasteiger partial charge < -0.3 is 14.7 Å². The molecule has 1 N–H and O–H groups in total. The van der Waals surface area contributed by atoms with Gasteiger partial charge >= 0.3 is 5.97 Å². The van der Waals surface area contributed by atoms with Crippen molar-refractivity contribution < 1.29 is 14.6 Å². The lowest BCUT2D eigenvalue weighted by Crippen LogP contribution is -2.50. The Labute approximate surface area is 111 Å². The van der Waals surface area contributed by atoms with Gasteiger partial charge in [0.15, 0.2) is 5.75 Å². The van der Waals surface area contributed by atoms with E-state index in [0.717, 1.165) is 16.5 Å². The van der Waals surface area contributed by atoms with Crippen LogP contribution in [0.3, 0.4) is 0 Å². The van der Waals surface area contributed by atoms with Gasteiger partial charge in [0.25, 0.3) is 0 Å². The Morgan fingerprint density at radius 3 is 2.74 bits per heavy atom. The molecule has 0 aromatic heterocycles. The summed E-state index contributed by atoms with van der Waals surface area (Å²) < 4.78 is 5.75. The van der Waals surface area contributed by atoms with Gasteiger partial charge in [-0.25, -0.2) is 4.79 Å². The summed E-state index contributed by atoms with van der Waals surface area (Å²) in [4.78, 5) is 13.3. The van der Waals surface area contributed by atoms with Gasteiger partial charge in [0.2, 0.25) is 6.10 Å². The third-order valence-electron chi connectivity index (χ3n) is 3.78. The van der Waals surface area contributed by atoms with Crippen molar-refractivity contribution in [3.63, 3.8) is 0 Å². The molecule has 0 saturated carbocycles. The minimum absolute atomic E-state index is 0.203. The standard InChI is InChI=1S/C15H15NO3/c1-9-13(15(17)18)19-14-11-6-4-3-5-10(11)7-8-12(14)16(9)2/h3-9,13H,1-2H3,(H,17,18). The number of carboxylic acids is 1. The number of hydrogen-bond acceptors (Lipinski definition) is 3. The minimum atomic E-state index is -0.932. The maximum atomic E-state index is 11.3. The molecule has 1 aliphatic rings. The Morgan fingerprint density at radius 2 is 2.00 bits per heavy atom. The number of benzene rings is 2. The number of nitrogens with zero attached hydrogens (tertiary/aromatic N) is 1. The molecular weight excluding hydrogens is 242 g/mol. The van der Waals surface area contributed by atoms with Gasteiger partial charge in [0.05, 0.1) is 11.7 Å². The number of ether oxygens (including phenoxy) is 1. The summed E-state index contributed by atoms with van der Waals surface area (Å²) in [7, 11) is 1.90. The second kappa shape index (κ2) is 4.16. The van der Waals surface area contributed by atoms with E-state index in [1.807, 2.05) is 55.3 Å². The number of likely N-dealkylation sites (N-methyl/N-ethyl adjacent to an activating group) is 1. The number of aliphatic carboxylic acids is 1. The smallest absolute Gasteiger partial charge is 0.347 e. The molecule has 0 aliphatic carbocycles. The fraction of sp³-hybridized carbons (Fsp3) is 0.267. The highest BCUT2D eigenvalue weighted by Gasteiger charge is 2.36. The largest absolute Gasteiger partial charge is 0.478 e. The first kappa shape index (κ1) is 11.8. The van der Waals surface area contributed by atoms with E-state index in [1.54, 1.807) is 0 Å². The van der Waals surface area contributed by atoms with Crippen molar-refractivity contribution in [3.8, 4) is 5.75 Å². The molecule has 2 aromatic carbocycles. The highest BCUT2D eigenvalue weighted by atomic mass is 16.5. The number of hydrogen-bond donors (Lipinski definition) is 1. The van der Waals surface area contributed by atoms with Gasteiger partial charge in [0, 0.05) is 12.4 Å². The van der Waals surface area contributed by atoms with Crippen LogP contribution in [0.2, 0.25) is 0 Å². The maximum absolute atomic E-state index is 11.3. The van der Waals surface area contributed by atoms with Crippen molar-refractivity contribution in [2.24, 2.45) is 0 Å². The molecular formula is C15H15NO3. The molecule has 98 valence electrons. The monoisotopic (exact) mass is 257 g/mol. The number of carbonyl (C=O) groups is 1. The van der Waals surface area contributed by atoms with Crippen molar-refractivity contribution in [2.75, 3.05) is 11.9 Å². The fourth-order valence-corrected chi connectivity index (χ4v) is 2.54. The van der Waals surface area contributed by atoms with Gasteiger partial charge in [-0.15, -0.1) is 0 Å². The zero-order chi connectivity index (χ0) is 13.6. The Morgan fingerprint density at radius 1 is 1.26 bits per heavy atom. The van der Waals surface area contributed by atoms with E-state index in [4.69, 9.17) is 4.74 Å². The fourth-order valence-electron chi connectivity index (χ4n) is 2.54. The molecule has 0 fully saturated rings. The van der Waals surface area contributed by atoms with Crippen LogP contribution in [-0.4, -0.2) is 30.3 Å². The third kappa shape index (κ3) is 1.71. The summed E-state index contributed by atoms with van der Waals surface area (Å²) in [6.45, 7) is 1.86. The Balaban J connectivity index is 2.22. The number of anilines is 1. The summed E-state index contributed by atoms with van der Waals surface area (Å²) in [5.74, 6) is -0.274. The van der Waals surface area contributed by atoms with E-state index in [0.29, 0.717) is 5.75 Å². The molecule has 2 aromatic rings. The normalized spacial score (nSPS) is 21.9. The Bertz CT molecular complexity index is 653. The molecule has 1 aliphatic heterocycles. The zero-order valence-electron chi connectivity index (χ0n) is 10.8. The molecule has 1 heterocycles. The molecule has 0 amide bonds. The number of rotatable bonds is 1. The third-order valence-corrected chi connectivity index (χ3v) is 3.78. The van der Waals surface area contributed by atoms with Crippen LogP contribution < -0.4 is 9.64 Å². The van der Waals surface area contributed by atoms with Gasteiger partial charge in [-0.1, -0.05) is 30.3 Å². The summed E-state index contributed by atoms with van der Waals surface area (Å²) in [6.07, 6.45) is -0.844. The average Bonchev–Trinajstić information content (AvgIpc) is 2.42. The van der Waals surface area contributed by atoms with E-state index in [1.165, 1.54) is 0 Å². The van der Waals surface area contributed by atoms with Gasteiger partial charge in [-0.05, 0) is 18.4 Å². The van der Waals surface area contributed by atoms with Gasteiger partial charge in [-0.2, -0.15) is 0 Å². The predicted molar refractivity (Wildman–Crippen MR) is 73.9 cm³/mol. The Kier molecular flexibility index (Phi) is 2.59. The van der Waals surface area contributed by atoms with Crippen molar-refractivity contribution in [1.82, 2.24) is 0 Å². The first-order valence-electron chi connectivity index (χ1n) is 6.23. The zero-order valence-corrected chi connectivity index (χ0v) is 10.8. The molecule has 0 bridgehead atoms. The van der Waals surface area contributed by atoms with Crippen LogP contribution >= 0.6 is 0 Å². The van der Waals surface area contributed by atoms with E-state index in [-0.39, 0.29) is 6.04 Å². The average molecular weight is 257 g/mol. The maximum Gasteiger partial charge on any atom is 0.347 e. The van der Waals surface area contributed by atoms with Crippen LogP contribution in [0.15, 0.2) is 36.4 Å². The molecule has 0 radical (unpaired) electrons. The van der Waals surface area contributed by atoms with Crippen LogP contribution in [-0.2, 0) is 4.79 Å². The van der Waals surface area contributed by atoms with E-state index < -0.39 is 12.1 Å². The summed E-state index contributed by atoms with van der Waals surface area (Å²) in [6, 6.07) is 11.6. The van der Waals surface area contributed by atoms with Crippen LogP contribution in [0.1, 0.15) is 6.92 Å². The SMILES string of the molecule is CC1C(C(=O)O)Oc2c(ccc3ccccc23)N1C. The second-order valence-electron chi connectivity index (χ2n) is 4.86. The second-order valence-corrected chi connectivity index (χ2v) is 4.86. The quantitative estimate of drug-likeness (QED) is 0.852. The molecule has 4 nitrogen and oxygen atoms in total. The molecule has 19 heavy (non-hydrogen) atoms. The van der Waals surface area contributed by atoms with Crippen molar-refractivity contribution in [2.45, 2.75) is 19.1 Å². The van der Waals surface area contributed by atoms with Crippen LogP contribution in [0.5, 0.6) is 5.75 Å². The van der Waals surface area contributed by atoms with Gasteiger partial charge in [-0.3, -0.25) is 0 Å². The molecule has 3 rings (SSSR count). The van der Waals surface area contributed by atoms with Gasteiger partial charge in [0.1, 0.15) is 0 Å². The van der Waals surface area contributed by atoms with Crippen molar-refractivity contribution >= 4 is 22.4 Å². The Hall–Kier alpha value is -2.23. The molecule has 2 atom stereocenters. The first-order valence-corrected chi connectivity index (χ1v) is 6.23. The van der Waals surface area contributed by atoms with Crippen LogP contribution in [0.25, 0.3) is 10.8 Å². The highest BCUT2D eigenvalue weighted by Crippen LogP contribution is 2.40. The summed E-state index contributed by atoms with van der Waals surface area (Å²) in [5.41, 5.74) is 0.934. The van der Waals surface area contributed by atoms with Crippen LogP contribution in [0, 0.1) is 0 Å². The van der Waals surface area contributed by atoms with Crippen LogP contribution in [0.4, 0.5) is 5.69 Å². The summed E-state index contributed by atoms with van der Waals surface area (Å²) >= 11 is 0. The van der Waals surface area contributed by atoms with E-state index in [9.17, 15) is 9.90 Å². The van der Waals surface area contributed by atoms with Crippen molar-refractivity contribution in [1.29, 1.82) is 0 Å². The predicted octanol–water partition coefficient (Wildman–Crippen LogP) is 2.51. The van der Waals surface area contributed by atoms with Crippen molar-refractivity contribution in [3.05, 3.63) is 36.4 Å². The van der Waals surface area contributed by atoms with E-state index >= 15 is 0 Å². The molecule has 0 spiro atoms. The molecule has 2 unspecified atom stereocenters. The lowest BCUT2D eigenvalue weighted by molar-refractivity contribution is -0.146. The lowest BCUT2D eigenvalue weighted by Gasteiger charge is -2.38. The lowest BCUT2D eigenvalue weighted by atomic mass is 10.0. The van der Waals surface area contributed by atoms with E-state index in [2.05, 4.69) is 0 Å². The minimum Gasteiger partial charge on any atom is -0.478 e. The molecule has 0 saturated heterocycles. The number of carboxylic acid groups (broad SMARTS) is 1. The number of fused-ring (bicyclic) bond motifs is 3. The topological polar surface area (TPSA) is 49.8 Å². The molecule has 4 heteroatoms. The summed E-state index contributed by atoms with van der Waals surface area (Å²) in [5, 5.41) is 11.3. The first-order chi connectivity index (χ1) is 9.09. The highest BCUT2D eigenvalue weighted by molar-refractivity contribution is 5.95.